The van der Waals surface area contributed by atoms with Crippen LogP contribution in [-0.2, 0) is 16.1 Å². The molecule has 2 aliphatic rings. The Morgan fingerprint density at radius 1 is 0.903 bits per heavy atom. The molecule has 2 aromatic rings. The number of nitrogens with zero attached hydrogens (tertiary/aromatic N) is 3. The van der Waals surface area contributed by atoms with Crippen molar-refractivity contribution in [3.05, 3.63) is 60.2 Å². The molecule has 1 unspecified atom stereocenters. The number of amides is 1. The van der Waals surface area contributed by atoms with Crippen LogP contribution in [0.2, 0.25) is 0 Å². The molecule has 2 aromatic carbocycles. The van der Waals surface area contributed by atoms with Gasteiger partial charge in [0.15, 0.2) is 0 Å². The molecular formula is C25H34N4O2. The second kappa shape index (κ2) is 10.8. The van der Waals surface area contributed by atoms with Gasteiger partial charge >= 0.3 is 0 Å². The van der Waals surface area contributed by atoms with Crippen LogP contribution in [0, 0.1) is 5.92 Å². The summed E-state index contributed by atoms with van der Waals surface area (Å²) in [5.41, 5.74) is 3.46. The molecule has 1 atom stereocenters. The zero-order valence-electron chi connectivity index (χ0n) is 18.5. The van der Waals surface area contributed by atoms with E-state index in [9.17, 15) is 4.79 Å². The number of piperazine rings is 1. The van der Waals surface area contributed by atoms with Crippen molar-refractivity contribution in [1.29, 1.82) is 0 Å². The highest BCUT2D eigenvalue weighted by Crippen LogP contribution is 2.21. The van der Waals surface area contributed by atoms with Crippen LogP contribution in [0.15, 0.2) is 54.6 Å². The van der Waals surface area contributed by atoms with E-state index in [0.717, 1.165) is 71.3 Å². The van der Waals surface area contributed by atoms with Crippen molar-refractivity contribution < 1.29 is 9.53 Å². The summed E-state index contributed by atoms with van der Waals surface area (Å²) < 4.78 is 5.38. The lowest BCUT2D eigenvalue weighted by Crippen LogP contribution is -2.45. The SMILES string of the molecule is CC(CN1CCOCC1)C(=O)Nc1ccc(N2CCN(Cc3ccccc3)CC2)cc1. The molecule has 0 aromatic heterocycles. The first-order valence-corrected chi connectivity index (χ1v) is 11.4. The van der Waals surface area contributed by atoms with E-state index >= 15 is 0 Å². The van der Waals surface area contributed by atoms with Gasteiger partial charge in [-0.05, 0) is 29.8 Å². The van der Waals surface area contributed by atoms with E-state index in [0.29, 0.717) is 0 Å². The first kappa shape index (κ1) is 21.8. The number of ether oxygens (including phenoxy) is 1. The van der Waals surface area contributed by atoms with Crippen LogP contribution in [0.1, 0.15) is 12.5 Å². The molecule has 166 valence electrons. The van der Waals surface area contributed by atoms with Gasteiger partial charge < -0.3 is 15.0 Å². The third-order valence-electron chi connectivity index (χ3n) is 6.20. The summed E-state index contributed by atoms with van der Waals surface area (Å²) >= 11 is 0. The van der Waals surface area contributed by atoms with Crippen LogP contribution in [0.4, 0.5) is 11.4 Å². The number of anilines is 2. The van der Waals surface area contributed by atoms with E-state index in [-0.39, 0.29) is 11.8 Å². The van der Waals surface area contributed by atoms with Gasteiger partial charge in [0, 0.05) is 69.7 Å². The molecule has 0 spiro atoms. The maximum atomic E-state index is 12.6. The molecule has 0 aliphatic carbocycles. The number of hydrogen-bond donors (Lipinski definition) is 1. The topological polar surface area (TPSA) is 48.1 Å². The minimum absolute atomic E-state index is 0.0459. The van der Waals surface area contributed by atoms with E-state index < -0.39 is 0 Å². The highest BCUT2D eigenvalue weighted by molar-refractivity contribution is 5.92. The number of benzene rings is 2. The van der Waals surface area contributed by atoms with Crippen molar-refractivity contribution in [2.24, 2.45) is 5.92 Å². The van der Waals surface area contributed by atoms with E-state index in [2.05, 4.69) is 62.5 Å². The van der Waals surface area contributed by atoms with E-state index in [1.54, 1.807) is 0 Å². The largest absolute Gasteiger partial charge is 0.379 e. The smallest absolute Gasteiger partial charge is 0.228 e. The van der Waals surface area contributed by atoms with Gasteiger partial charge in [-0.25, -0.2) is 0 Å². The van der Waals surface area contributed by atoms with Crippen molar-refractivity contribution in [2.75, 3.05) is 69.2 Å². The van der Waals surface area contributed by atoms with Crippen molar-refractivity contribution in [2.45, 2.75) is 13.5 Å². The van der Waals surface area contributed by atoms with E-state index in [1.165, 1.54) is 11.3 Å². The number of carbonyl (C=O) groups is 1. The molecule has 0 bridgehead atoms. The van der Waals surface area contributed by atoms with Crippen LogP contribution in [0.5, 0.6) is 0 Å². The first-order chi connectivity index (χ1) is 15.2. The van der Waals surface area contributed by atoms with Crippen LogP contribution < -0.4 is 10.2 Å². The van der Waals surface area contributed by atoms with Gasteiger partial charge in [-0.3, -0.25) is 14.6 Å². The molecule has 1 amide bonds. The lowest BCUT2D eigenvalue weighted by atomic mass is 10.1. The summed E-state index contributed by atoms with van der Waals surface area (Å²) in [6.07, 6.45) is 0. The molecule has 4 rings (SSSR count). The van der Waals surface area contributed by atoms with Crippen molar-refractivity contribution >= 4 is 17.3 Å². The Morgan fingerprint density at radius 2 is 1.58 bits per heavy atom. The Morgan fingerprint density at radius 3 is 2.26 bits per heavy atom. The third-order valence-corrected chi connectivity index (χ3v) is 6.20. The lowest BCUT2D eigenvalue weighted by Gasteiger charge is -2.36. The van der Waals surface area contributed by atoms with Crippen molar-refractivity contribution in [1.82, 2.24) is 9.80 Å². The zero-order valence-corrected chi connectivity index (χ0v) is 18.5. The molecule has 1 N–H and O–H groups in total. The Labute approximate surface area is 185 Å². The second-order valence-electron chi connectivity index (χ2n) is 8.60. The van der Waals surface area contributed by atoms with Crippen molar-refractivity contribution in [3.8, 4) is 0 Å². The van der Waals surface area contributed by atoms with Gasteiger partial charge in [0.2, 0.25) is 5.91 Å². The quantitative estimate of drug-likeness (QED) is 0.744. The fourth-order valence-corrected chi connectivity index (χ4v) is 4.28. The predicted octanol–water partition coefficient (Wildman–Crippen LogP) is 2.92. The maximum absolute atomic E-state index is 12.6. The van der Waals surface area contributed by atoms with E-state index in [1.807, 2.05) is 19.1 Å². The van der Waals surface area contributed by atoms with E-state index in [4.69, 9.17) is 4.74 Å². The van der Waals surface area contributed by atoms with Gasteiger partial charge in [0.25, 0.3) is 0 Å². The molecule has 2 fully saturated rings. The summed E-state index contributed by atoms with van der Waals surface area (Å²) in [5.74, 6) is 0.0317. The average Bonchev–Trinajstić information content (AvgIpc) is 2.81. The number of carbonyl (C=O) groups excluding carboxylic acids is 1. The molecular weight excluding hydrogens is 388 g/mol. The average molecular weight is 423 g/mol. The monoisotopic (exact) mass is 422 g/mol. The van der Waals surface area contributed by atoms with Gasteiger partial charge in [-0.1, -0.05) is 37.3 Å². The molecule has 31 heavy (non-hydrogen) atoms. The predicted molar refractivity (Wildman–Crippen MR) is 125 cm³/mol. The van der Waals surface area contributed by atoms with Crippen molar-refractivity contribution in [3.63, 3.8) is 0 Å². The molecule has 6 nitrogen and oxygen atoms in total. The fraction of sp³-hybridized carbons (Fsp3) is 0.480. The standard InChI is InChI=1S/C25H34N4O2/c1-21(19-28-15-17-31-18-16-28)25(30)26-23-7-9-24(10-8-23)29-13-11-27(12-14-29)20-22-5-3-2-4-6-22/h2-10,21H,11-20H2,1H3,(H,26,30). The molecule has 0 radical (unpaired) electrons. The van der Waals surface area contributed by atoms with Crippen LogP contribution in [0.3, 0.4) is 0 Å². The molecule has 2 saturated heterocycles. The van der Waals surface area contributed by atoms with Crippen LogP contribution >= 0.6 is 0 Å². The zero-order chi connectivity index (χ0) is 21.5. The minimum Gasteiger partial charge on any atom is -0.379 e. The Hall–Kier alpha value is -2.41. The van der Waals surface area contributed by atoms with Crippen LogP contribution in [-0.4, -0.2) is 74.7 Å². The summed E-state index contributed by atoms with van der Waals surface area (Å²) in [6, 6.07) is 18.9. The summed E-state index contributed by atoms with van der Waals surface area (Å²) in [7, 11) is 0. The highest BCUT2D eigenvalue weighted by atomic mass is 16.5. The maximum Gasteiger partial charge on any atom is 0.228 e. The van der Waals surface area contributed by atoms with Gasteiger partial charge in [0.05, 0.1) is 13.2 Å². The Bertz CT molecular complexity index is 813. The second-order valence-corrected chi connectivity index (χ2v) is 8.60. The lowest BCUT2D eigenvalue weighted by molar-refractivity contribution is -0.120. The number of hydrogen-bond acceptors (Lipinski definition) is 5. The Balaban J connectivity index is 1.23. The number of morpholine rings is 1. The molecule has 0 saturated carbocycles. The van der Waals surface area contributed by atoms with Gasteiger partial charge in [0.1, 0.15) is 0 Å². The molecule has 2 aliphatic heterocycles. The van der Waals surface area contributed by atoms with Crippen LogP contribution in [0.25, 0.3) is 0 Å². The fourth-order valence-electron chi connectivity index (χ4n) is 4.28. The van der Waals surface area contributed by atoms with Gasteiger partial charge in [-0.15, -0.1) is 0 Å². The summed E-state index contributed by atoms with van der Waals surface area (Å²) in [6.45, 7) is 11.3. The molecule has 6 heteroatoms. The summed E-state index contributed by atoms with van der Waals surface area (Å²) in [4.78, 5) is 19.8. The summed E-state index contributed by atoms with van der Waals surface area (Å²) in [5, 5.41) is 3.07. The minimum atomic E-state index is -0.0459. The first-order valence-electron chi connectivity index (χ1n) is 11.4. The third kappa shape index (κ3) is 6.29. The number of rotatable bonds is 7. The normalized spacial score (nSPS) is 19.2. The van der Waals surface area contributed by atoms with Gasteiger partial charge in [-0.2, -0.15) is 0 Å². The molecule has 2 heterocycles. The number of nitrogens with one attached hydrogen (secondary N) is 1. The Kier molecular flexibility index (Phi) is 7.57. The highest BCUT2D eigenvalue weighted by Gasteiger charge is 2.20.